The van der Waals surface area contributed by atoms with Crippen molar-refractivity contribution in [2.45, 2.75) is 88.1 Å². The van der Waals surface area contributed by atoms with Gasteiger partial charge in [-0.05, 0) is 69.4 Å². The van der Waals surface area contributed by atoms with Crippen LogP contribution in [0.1, 0.15) is 67.7 Å². The van der Waals surface area contributed by atoms with Crippen molar-refractivity contribution in [3.63, 3.8) is 0 Å². The molecule has 1 spiro atoms. The highest BCUT2D eigenvalue weighted by atomic mass is 32.2. The number of thiophene rings is 1. The molecule has 2 aliphatic carbocycles. The Balaban J connectivity index is 1.16. The van der Waals surface area contributed by atoms with E-state index in [4.69, 9.17) is 4.74 Å². The molecule has 1 aromatic rings. The number of sulfonamides is 1. The van der Waals surface area contributed by atoms with Crippen molar-refractivity contribution in [3.8, 4) is 0 Å². The maximum Gasteiger partial charge on any atom is 0.214 e. The van der Waals surface area contributed by atoms with Gasteiger partial charge in [-0.1, -0.05) is 6.92 Å². The van der Waals surface area contributed by atoms with E-state index in [1.807, 2.05) is 11.3 Å². The lowest BCUT2D eigenvalue weighted by atomic mass is 9.77. The normalized spacial score (nSPS) is 35.4. The van der Waals surface area contributed by atoms with Gasteiger partial charge in [-0.3, -0.25) is 0 Å². The van der Waals surface area contributed by atoms with Crippen LogP contribution in [0.2, 0.25) is 0 Å². The minimum Gasteiger partial charge on any atom is -0.370 e. The van der Waals surface area contributed by atoms with Crippen molar-refractivity contribution in [3.05, 3.63) is 21.4 Å². The van der Waals surface area contributed by atoms with Crippen molar-refractivity contribution in [1.82, 2.24) is 9.62 Å². The van der Waals surface area contributed by atoms with Crippen LogP contribution in [0.25, 0.3) is 0 Å². The first-order valence-corrected chi connectivity index (χ1v) is 13.8. The van der Waals surface area contributed by atoms with Gasteiger partial charge in [0.05, 0.1) is 17.5 Å². The molecule has 1 saturated heterocycles. The monoisotopic (exact) mass is 438 g/mol. The van der Waals surface area contributed by atoms with E-state index in [0.29, 0.717) is 12.0 Å². The summed E-state index contributed by atoms with van der Waals surface area (Å²) in [6.07, 6.45) is 8.00. The maximum atomic E-state index is 12.1. The summed E-state index contributed by atoms with van der Waals surface area (Å²) in [5.74, 6) is 0.620. The average Bonchev–Trinajstić information content (AvgIpc) is 3.43. The van der Waals surface area contributed by atoms with Gasteiger partial charge in [0.2, 0.25) is 10.0 Å². The van der Waals surface area contributed by atoms with Gasteiger partial charge >= 0.3 is 0 Å². The topological polar surface area (TPSA) is 58.6 Å². The van der Waals surface area contributed by atoms with E-state index < -0.39 is 10.0 Å². The average molecular weight is 439 g/mol. The third kappa shape index (κ3) is 3.93. The second-order valence-corrected chi connectivity index (χ2v) is 12.9. The lowest BCUT2D eigenvalue weighted by molar-refractivity contribution is -0.114. The van der Waals surface area contributed by atoms with Crippen LogP contribution in [0.15, 0.2) is 6.07 Å². The van der Waals surface area contributed by atoms with Crippen LogP contribution in [0, 0.1) is 5.92 Å². The van der Waals surface area contributed by atoms with E-state index in [2.05, 4.69) is 29.5 Å². The number of rotatable bonds is 6. The summed E-state index contributed by atoms with van der Waals surface area (Å²) < 4.78 is 33.6. The lowest BCUT2D eigenvalue weighted by Gasteiger charge is -2.49. The minimum absolute atomic E-state index is 0.0739. The Labute approximate surface area is 179 Å². The van der Waals surface area contributed by atoms with E-state index in [0.717, 1.165) is 71.1 Å². The molecule has 5 rings (SSSR count). The first kappa shape index (κ1) is 20.4. The molecule has 0 bridgehead atoms. The third-order valence-electron chi connectivity index (χ3n) is 7.48. The number of hydrogen-bond donors (Lipinski definition) is 1. The zero-order valence-electron chi connectivity index (χ0n) is 17.7. The molecule has 1 N–H and O–H groups in total. The SMILES string of the molecule is CCc1cc2c(s1)CCO[C@@]21CCN(C[C@H]2C[C@@H](NS(=O)(=O)C3CC3)C2)[C@@H](C)C1. The number of likely N-dealkylation sites (tertiary alicyclic amines) is 1. The van der Waals surface area contributed by atoms with Crippen LogP contribution in [-0.2, 0) is 33.2 Å². The first-order chi connectivity index (χ1) is 13.9. The Morgan fingerprint density at radius 2 is 2.14 bits per heavy atom. The highest BCUT2D eigenvalue weighted by molar-refractivity contribution is 7.90. The Morgan fingerprint density at radius 1 is 1.34 bits per heavy atom. The second kappa shape index (κ2) is 7.59. The van der Waals surface area contributed by atoms with Crippen LogP contribution in [0.4, 0.5) is 0 Å². The minimum atomic E-state index is -3.04. The number of fused-ring (bicyclic) bond motifs is 2. The van der Waals surface area contributed by atoms with Crippen molar-refractivity contribution in [2.24, 2.45) is 5.92 Å². The summed E-state index contributed by atoms with van der Waals surface area (Å²) in [4.78, 5) is 5.66. The molecule has 0 radical (unpaired) electrons. The molecule has 0 amide bonds. The second-order valence-electron chi connectivity index (χ2n) is 9.69. The molecule has 2 atom stereocenters. The number of piperidine rings is 1. The smallest absolute Gasteiger partial charge is 0.214 e. The van der Waals surface area contributed by atoms with Crippen LogP contribution in [-0.4, -0.2) is 50.3 Å². The predicted molar refractivity (Wildman–Crippen MR) is 117 cm³/mol. The van der Waals surface area contributed by atoms with Crippen molar-refractivity contribution >= 4 is 21.4 Å². The largest absolute Gasteiger partial charge is 0.370 e. The van der Waals surface area contributed by atoms with Gasteiger partial charge in [0, 0.05) is 41.3 Å². The third-order valence-corrected chi connectivity index (χ3v) is 10.8. The van der Waals surface area contributed by atoms with Gasteiger partial charge in [0.25, 0.3) is 0 Å². The molecule has 2 aliphatic heterocycles. The highest BCUT2D eigenvalue weighted by Gasteiger charge is 2.46. The quantitative estimate of drug-likeness (QED) is 0.739. The Kier molecular flexibility index (Phi) is 5.35. The predicted octanol–water partition coefficient (Wildman–Crippen LogP) is 3.42. The van der Waals surface area contributed by atoms with Crippen LogP contribution in [0.3, 0.4) is 0 Å². The molecular formula is C22H34N2O3S2. The lowest BCUT2D eigenvalue weighted by Crippen LogP contribution is -2.54. The number of nitrogens with one attached hydrogen (secondary N) is 1. The Hall–Kier alpha value is -0.470. The molecular weight excluding hydrogens is 404 g/mol. The van der Waals surface area contributed by atoms with E-state index in [9.17, 15) is 8.42 Å². The molecule has 0 aromatic carbocycles. The Bertz CT molecular complexity index is 857. The summed E-state index contributed by atoms with van der Waals surface area (Å²) in [6, 6.07) is 3.09. The van der Waals surface area contributed by atoms with Gasteiger partial charge in [0.1, 0.15) is 0 Å². The molecule has 0 unspecified atom stereocenters. The summed E-state index contributed by atoms with van der Waals surface area (Å²) in [7, 11) is -3.04. The maximum absolute atomic E-state index is 12.1. The first-order valence-electron chi connectivity index (χ1n) is 11.4. The molecule has 2 saturated carbocycles. The molecule has 3 heterocycles. The van der Waals surface area contributed by atoms with E-state index in [1.54, 1.807) is 4.88 Å². The number of aryl methyl sites for hydroxylation is 1. The van der Waals surface area contributed by atoms with Crippen molar-refractivity contribution < 1.29 is 13.2 Å². The van der Waals surface area contributed by atoms with E-state index >= 15 is 0 Å². The zero-order chi connectivity index (χ0) is 20.2. The summed E-state index contributed by atoms with van der Waals surface area (Å²) >= 11 is 1.99. The van der Waals surface area contributed by atoms with Crippen molar-refractivity contribution in [1.29, 1.82) is 0 Å². The number of nitrogens with zero attached hydrogens (tertiary/aromatic N) is 1. The molecule has 4 aliphatic rings. The van der Waals surface area contributed by atoms with E-state index in [-0.39, 0.29) is 16.9 Å². The standard InChI is InChI=1S/C22H34N2O3S2/c1-3-18-12-20-21(28-18)6-9-27-22(20)7-8-24(15(2)13-22)14-16-10-17(11-16)23-29(25,26)19-4-5-19/h12,15-17,19,23H,3-11,13-14H2,1-2H3/t15-,16-,17+,22+/m0/s1. The van der Waals surface area contributed by atoms with Crippen LogP contribution >= 0.6 is 11.3 Å². The Morgan fingerprint density at radius 3 is 2.83 bits per heavy atom. The fraction of sp³-hybridized carbons (Fsp3) is 0.818. The highest BCUT2D eigenvalue weighted by Crippen LogP contribution is 2.46. The van der Waals surface area contributed by atoms with Gasteiger partial charge in [0.15, 0.2) is 0 Å². The molecule has 1 aromatic heterocycles. The zero-order valence-corrected chi connectivity index (χ0v) is 19.3. The van der Waals surface area contributed by atoms with Gasteiger partial charge in [-0.25, -0.2) is 13.1 Å². The van der Waals surface area contributed by atoms with Gasteiger partial charge in [-0.15, -0.1) is 11.3 Å². The molecule has 3 fully saturated rings. The number of ether oxygens (including phenoxy) is 1. The molecule has 7 heteroatoms. The van der Waals surface area contributed by atoms with Crippen molar-refractivity contribution in [2.75, 3.05) is 19.7 Å². The van der Waals surface area contributed by atoms with Crippen LogP contribution in [0.5, 0.6) is 0 Å². The summed E-state index contributed by atoms with van der Waals surface area (Å²) in [5, 5.41) is -0.106. The molecule has 162 valence electrons. The number of hydrogen-bond acceptors (Lipinski definition) is 5. The van der Waals surface area contributed by atoms with Gasteiger partial charge in [-0.2, -0.15) is 0 Å². The molecule has 5 nitrogen and oxygen atoms in total. The molecule has 29 heavy (non-hydrogen) atoms. The fourth-order valence-corrected chi connectivity index (χ4v) is 8.35. The van der Waals surface area contributed by atoms with E-state index in [1.165, 1.54) is 10.4 Å². The van der Waals surface area contributed by atoms with Gasteiger partial charge < -0.3 is 9.64 Å². The fourth-order valence-electron chi connectivity index (χ4n) is 5.57. The van der Waals surface area contributed by atoms with Crippen LogP contribution < -0.4 is 4.72 Å². The summed E-state index contributed by atoms with van der Waals surface area (Å²) in [6.45, 7) is 7.61. The summed E-state index contributed by atoms with van der Waals surface area (Å²) in [5.41, 5.74) is 1.41.